The Bertz CT molecular complexity index is 423. The Balaban J connectivity index is 3.08. The van der Waals surface area contributed by atoms with Crippen LogP contribution in [-0.2, 0) is 9.84 Å². The quantitative estimate of drug-likeness (QED) is 0.717. The maximum Gasteiger partial charge on any atom is 0.152 e. The molecule has 6 heteroatoms. The molecule has 1 rings (SSSR count). The smallest absolute Gasteiger partial charge is 0.152 e. The third-order valence-electron chi connectivity index (χ3n) is 4.58. The van der Waals surface area contributed by atoms with Gasteiger partial charge in [-0.1, -0.05) is 20.3 Å². The van der Waals surface area contributed by atoms with Gasteiger partial charge in [0.25, 0.3) is 0 Å². The highest BCUT2D eigenvalue weighted by molar-refractivity contribution is 7.91. The summed E-state index contributed by atoms with van der Waals surface area (Å²) in [5.41, 5.74) is 5.74. The molecule has 0 heterocycles. The number of nitrogens with zero attached hydrogens (tertiary/aromatic N) is 2. The molecular weight excluding hydrogens is 286 g/mol. The van der Waals surface area contributed by atoms with Crippen LogP contribution in [0.25, 0.3) is 0 Å². The van der Waals surface area contributed by atoms with Crippen LogP contribution in [0.1, 0.15) is 33.1 Å². The van der Waals surface area contributed by atoms with E-state index in [0.717, 1.165) is 38.9 Å². The van der Waals surface area contributed by atoms with Gasteiger partial charge in [-0.05, 0) is 32.9 Å². The van der Waals surface area contributed by atoms with Crippen molar-refractivity contribution in [2.75, 3.05) is 46.5 Å². The van der Waals surface area contributed by atoms with E-state index < -0.39 is 9.84 Å². The van der Waals surface area contributed by atoms with Crippen LogP contribution in [-0.4, -0.2) is 75.5 Å². The Morgan fingerprint density at radius 1 is 1.29 bits per heavy atom. The van der Waals surface area contributed by atoms with Crippen LogP contribution < -0.4 is 5.73 Å². The summed E-state index contributed by atoms with van der Waals surface area (Å²) in [6.07, 6.45) is 3.95. The van der Waals surface area contributed by atoms with Crippen molar-refractivity contribution in [2.24, 2.45) is 11.7 Å². The molecule has 2 unspecified atom stereocenters. The van der Waals surface area contributed by atoms with Crippen molar-refractivity contribution in [3.63, 3.8) is 0 Å². The summed E-state index contributed by atoms with van der Waals surface area (Å²) >= 11 is 0. The largest absolute Gasteiger partial charge is 0.329 e. The minimum atomic E-state index is -3.08. The van der Waals surface area contributed by atoms with E-state index in [2.05, 4.69) is 23.6 Å². The van der Waals surface area contributed by atoms with E-state index in [0.29, 0.717) is 12.5 Å². The van der Waals surface area contributed by atoms with Gasteiger partial charge in [-0.2, -0.15) is 0 Å². The molecule has 1 aliphatic rings. The first-order chi connectivity index (χ1) is 9.63. The maximum atomic E-state index is 12.2. The van der Waals surface area contributed by atoms with Gasteiger partial charge in [-0.3, -0.25) is 4.90 Å². The standard InChI is InChI=1S/C15H33N3O2S/c1-13(2)11-18(10-9-17(3)4)15(12-16)8-6-7-14(15)21(5,19)20/h13-14H,6-12,16H2,1-5H3. The van der Waals surface area contributed by atoms with Crippen LogP contribution in [0.5, 0.6) is 0 Å². The van der Waals surface area contributed by atoms with Gasteiger partial charge in [0.1, 0.15) is 0 Å². The third-order valence-corrected chi connectivity index (χ3v) is 6.29. The number of likely N-dealkylation sites (N-methyl/N-ethyl adjacent to an activating group) is 1. The summed E-state index contributed by atoms with van der Waals surface area (Å²) in [6, 6.07) is 0. The zero-order valence-electron chi connectivity index (χ0n) is 14.3. The van der Waals surface area contributed by atoms with E-state index in [-0.39, 0.29) is 10.8 Å². The molecule has 21 heavy (non-hydrogen) atoms. The highest BCUT2D eigenvalue weighted by Gasteiger charge is 2.50. The fourth-order valence-corrected chi connectivity index (χ4v) is 5.37. The molecule has 0 amide bonds. The molecular formula is C15H33N3O2S. The topological polar surface area (TPSA) is 66.6 Å². The van der Waals surface area contributed by atoms with Gasteiger partial charge in [0.05, 0.1) is 5.25 Å². The van der Waals surface area contributed by atoms with Crippen LogP contribution in [0.3, 0.4) is 0 Å². The second-order valence-electron chi connectivity index (χ2n) is 7.16. The summed E-state index contributed by atoms with van der Waals surface area (Å²) < 4.78 is 24.5. The van der Waals surface area contributed by atoms with E-state index in [1.54, 1.807) is 0 Å². The van der Waals surface area contributed by atoms with E-state index in [1.807, 2.05) is 14.1 Å². The Morgan fingerprint density at radius 2 is 1.90 bits per heavy atom. The van der Waals surface area contributed by atoms with Gasteiger partial charge in [-0.15, -0.1) is 0 Å². The second-order valence-corrected chi connectivity index (χ2v) is 9.39. The van der Waals surface area contributed by atoms with Gasteiger partial charge in [0.2, 0.25) is 0 Å². The van der Waals surface area contributed by atoms with Crippen molar-refractivity contribution in [3.05, 3.63) is 0 Å². The zero-order chi connectivity index (χ0) is 16.3. The molecule has 1 aliphatic carbocycles. The first-order valence-electron chi connectivity index (χ1n) is 7.92. The molecule has 1 fully saturated rings. The monoisotopic (exact) mass is 319 g/mol. The summed E-state index contributed by atoms with van der Waals surface area (Å²) in [5, 5.41) is -0.323. The van der Waals surface area contributed by atoms with Crippen molar-refractivity contribution in [1.82, 2.24) is 9.80 Å². The Hall–Kier alpha value is -0.170. The lowest BCUT2D eigenvalue weighted by molar-refractivity contribution is 0.0798. The van der Waals surface area contributed by atoms with E-state index in [9.17, 15) is 8.42 Å². The van der Waals surface area contributed by atoms with Crippen molar-refractivity contribution >= 4 is 9.84 Å². The lowest BCUT2D eigenvalue weighted by Crippen LogP contribution is -2.62. The minimum Gasteiger partial charge on any atom is -0.329 e. The number of rotatable bonds is 8. The maximum absolute atomic E-state index is 12.2. The predicted octanol–water partition coefficient (Wildman–Crippen LogP) is 0.801. The van der Waals surface area contributed by atoms with Crippen molar-refractivity contribution in [3.8, 4) is 0 Å². The number of hydrogen-bond acceptors (Lipinski definition) is 5. The van der Waals surface area contributed by atoms with Gasteiger partial charge in [-0.25, -0.2) is 8.42 Å². The van der Waals surface area contributed by atoms with Crippen LogP contribution >= 0.6 is 0 Å². The number of nitrogens with two attached hydrogens (primary N) is 1. The van der Waals surface area contributed by atoms with Gasteiger partial charge < -0.3 is 10.6 Å². The zero-order valence-corrected chi connectivity index (χ0v) is 15.1. The number of sulfone groups is 1. The highest BCUT2D eigenvalue weighted by Crippen LogP contribution is 2.39. The third kappa shape index (κ3) is 4.65. The van der Waals surface area contributed by atoms with E-state index >= 15 is 0 Å². The molecule has 5 nitrogen and oxygen atoms in total. The molecule has 0 bridgehead atoms. The predicted molar refractivity (Wildman–Crippen MR) is 89.2 cm³/mol. The first-order valence-corrected chi connectivity index (χ1v) is 9.87. The summed E-state index contributed by atoms with van der Waals surface area (Å²) in [6.45, 7) is 7.47. The molecule has 0 spiro atoms. The Labute approximate surface area is 130 Å². The molecule has 126 valence electrons. The van der Waals surface area contributed by atoms with Gasteiger partial charge in [0, 0.05) is 38.0 Å². The summed E-state index contributed by atoms with van der Waals surface area (Å²) in [5.74, 6) is 0.497. The SMILES string of the molecule is CC(C)CN(CCN(C)C)C1(CN)CCCC1S(C)(=O)=O. The van der Waals surface area contributed by atoms with Crippen LogP contribution in [0, 0.1) is 5.92 Å². The lowest BCUT2D eigenvalue weighted by Gasteiger charge is -2.45. The summed E-state index contributed by atoms with van der Waals surface area (Å²) in [4.78, 5) is 4.50. The number of hydrogen-bond donors (Lipinski definition) is 1. The second kappa shape index (κ2) is 7.40. The molecule has 0 aromatic rings. The fourth-order valence-electron chi connectivity index (χ4n) is 3.62. The Kier molecular flexibility index (Phi) is 6.65. The highest BCUT2D eigenvalue weighted by atomic mass is 32.2. The molecule has 2 atom stereocenters. The lowest BCUT2D eigenvalue weighted by atomic mass is 9.93. The van der Waals surface area contributed by atoms with Crippen LogP contribution in [0.15, 0.2) is 0 Å². The molecule has 2 N–H and O–H groups in total. The van der Waals surface area contributed by atoms with Crippen LogP contribution in [0.4, 0.5) is 0 Å². The van der Waals surface area contributed by atoms with Gasteiger partial charge >= 0.3 is 0 Å². The fraction of sp³-hybridized carbons (Fsp3) is 1.00. The molecule has 0 aliphatic heterocycles. The normalized spacial score (nSPS) is 27.2. The van der Waals surface area contributed by atoms with Crippen molar-refractivity contribution < 1.29 is 8.42 Å². The van der Waals surface area contributed by atoms with Crippen LogP contribution in [0.2, 0.25) is 0 Å². The molecule has 0 aromatic heterocycles. The van der Waals surface area contributed by atoms with E-state index in [1.165, 1.54) is 6.26 Å². The van der Waals surface area contributed by atoms with E-state index in [4.69, 9.17) is 5.73 Å². The minimum absolute atomic E-state index is 0.323. The Morgan fingerprint density at radius 3 is 2.33 bits per heavy atom. The summed E-state index contributed by atoms with van der Waals surface area (Å²) in [7, 11) is 1.02. The van der Waals surface area contributed by atoms with Crippen molar-refractivity contribution in [1.29, 1.82) is 0 Å². The van der Waals surface area contributed by atoms with Gasteiger partial charge in [0.15, 0.2) is 9.84 Å². The molecule has 1 saturated carbocycles. The first kappa shape index (κ1) is 18.9. The molecule has 0 radical (unpaired) electrons. The molecule has 0 saturated heterocycles. The average molecular weight is 320 g/mol. The average Bonchev–Trinajstić information content (AvgIpc) is 2.78. The molecule has 0 aromatic carbocycles. The van der Waals surface area contributed by atoms with Crippen molar-refractivity contribution in [2.45, 2.75) is 43.9 Å².